The number of hydrogen-bond donors (Lipinski definition) is 2. The Morgan fingerprint density at radius 2 is 2.25 bits per heavy atom. The first kappa shape index (κ1) is 12.8. The van der Waals surface area contributed by atoms with Gasteiger partial charge in [0.2, 0.25) is 5.91 Å². The molecule has 1 aromatic rings. The lowest BCUT2D eigenvalue weighted by molar-refractivity contribution is -0.124. The van der Waals surface area contributed by atoms with Gasteiger partial charge in [-0.3, -0.25) is 4.79 Å². The fourth-order valence-electron chi connectivity index (χ4n) is 1.13. The van der Waals surface area contributed by atoms with E-state index in [4.69, 9.17) is 33.6 Å². The van der Waals surface area contributed by atoms with Gasteiger partial charge >= 0.3 is 0 Å². The molecule has 0 aromatic heterocycles. The van der Waals surface area contributed by atoms with Crippen molar-refractivity contribution in [3.63, 3.8) is 0 Å². The molecule has 1 atom stereocenters. The summed E-state index contributed by atoms with van der Waals surface area (Å²) in [5.74, 6) is -0.650. The van der Waals surface area contributed by atoms with Crippen molar-refractivity contribution in [1.29, 1.82) is 5.26 Å². The second kappa shape index (κ2) is 5.71. The number of nitrogens with zero attached hydrogens (tertiary/aromatic N) is 1. The van der Waals surface area contributed by atoms with Gasteiger partial charge in [0.15, 0.2) is 0 Å². The van der Waals surface area contributed by atoms with E-state index >= 15 is 0 Å². The van der Waals surface area contributed by atoms with Crippen LogP contribution in [0.5, 0.6) is 0 Å². The Labute approximate surface area is 102 Å². The Morgan fingerprint density at radius 3 is 2.81 bits per heavy atom. The summed E-state index contributed by atoms with van der Waals surface area (Å²) in [6, 6.07) is 5.73. The van der Waals surface area contributed by atoms with E-state index in [1.54, 1.807) is 18.2 Å². The molecule has 2 N–H and O–H groups in total. The fraction of sp³-hybridized carbons (Fsp3) is 0.200. The topological polar surface area (TPSA) is 73.1 Å². The third-order valence-electron chi connectivity index (χ3n) is 1.87. The molecule has 0 fully saturated rings. The first-order valence-corrected chi connectivity index (χ1v) is 5.09. The largest absolute Gasteiger partial charge is 0.387 e. The lowest BCUT2D eigenvalue weighted by Crippen LogP contribution is -2.30. The molecule has 0 aliphatic rings. The Kier molecular flexibility index (Phi) is 4.56. The minimum atomic E-state index is -0.925. The lowest BCUT2D eigenvalue weighted by atomic mass is 10.1. The molecule has 1 aromatic carbocycles. The number of carbonyl (C=O) groups excluding carboxylic acids is 1. The molecule has 4 nitrogen and oxygen atoms in total. The molecular weight excluding hydrogens is 251 g/mol. The van der Waals surface area contributed by atoms with Crippen LogP contribution in [0.2, 0.25) is 10.0 Å². The van der Waals surface area contributed by atoms with Gasteiger partial charge in [-0.2, -0.15) is 5.26 Å². The van der Waals surface area contributed by atoms with E-state index in [1.807, 2.05) is 6.07 Å². The highest BCUT2D eigenvalue weighted by atomic mass is 35.5. The van der Waals surface area contributed by atoms with Crippen LogP contribution >= 0.6 is 23.2 Å². The Balaban J connectivity index is 3.01. The van der Waals surface area contributed by atoms with Crippen LogP contribution in [0.4, 0.5) is 0 Å². The van der Waals surface area contributed by atoms with Crippen molar-refractivity contribution in [3.8, 4) is 6.07 Å². The van der Waals surface area contributed by atoms with Gasteiger partial charge in [0.25, 0.3) is 0 Å². The molecular formula is C10H8Cl2N2O2. The van der Waals surface area contributed by atoms with Crippen molar-refractivity contribution in [2.75, 3.05) is 6.61 Å². The number of halogens is 2. The molecule has 6 heteroatoms. The molecule has 0 radical (unpaired) electrons. The van der Waals surface area contributed by atoms with E-state index in [1.165, 1.54) is 0 Å². The standard InChI is InChI=1S/C10H8Cl2N2O2/c11-7-3-1-2-6(10(7)12)8(4-13)14-9(16)5-15/h1-3,8,15H,5H2,(H,14,16). The van der Waals surface area contributed by atoms with Crippen LogP contribution in [0, 0.1) is 11.3 Å². The van der Waals surface area contributed by atoms with E-state index in [0.29, 0.717) is 10.6 Å². The SMILES string of the molecule is N#CC(NC(=O)CO)c1cccc(Cl)c1Cl. The van der Waals surface area contributed by atoms with Crippen LogP contribution in [0.25, 0.3) is 0 Å². The fourth-order valence-corrected chi connectivity index (χ4v) is 1.55. The zero-order chi connectivity index (χ0) is 12.1. The maximum atomic E-state index is 11.0. The van der Waals surface area contributed by atoms with Crippen molar-refractivity contribution >= 4 is 29.1 Å². The molecule has 16 heavy (non-hydrogen) atoms. The average Bonchev–Trinajstić information content (AvgIpc) is 2.29. The molecule has 0 saturated carbocycles. The summed E-state index contributed by atoms with van der Waals surface area (Å²) < 4.78 is 0. The van der Waals surface area contributed by atoms with Crippen molar-refractivity contribution in [2.24, 2.45) is 0 Å². The summed E-state index contributed by atoms with van der Waals surface area (Å²) in [4.78, 5) is 11.0. The summed E-state index contributed by atoms with van der Waals surface area (Å²) in [5, 5.41) is 20.3. The number of carbonyl (C=O) groups is 1. The quantitative estimate of drug-likeness (QED) is 0.867. The molecule has 1 amide bonds. The number of benzene rings is 1. The molecule has 0 spiro atoms. The highest BCUT2D eigenvalue weighted by Crippen LogP contribution is 2.29. The van der Waals surface area contributed by atoms with E-state index in [-0.39, 0.29) is 5.02 Å². The first-order chi connectivity index (χ1) is 7.60. The van der Waals surface area contributed by atoms with Gasteiger partial charge in [0.05, 0.1) is 16.1 Å². The van der Waals surface area contributed by atoms with Crippen LogP contribution in [0.1, 0.15) is 11.6 Å². The number of amides is 1. The van der Waals surface area contributed by atoms with Gasteiger partial charge in [0, 0.05) is 5.56 Å². The molecule has 1 unspecified atom stereocenters. The van der Waals surface area contributed by atoms with Gasteiger partial charge in [-0.15, -0.1) is 0 Å². The van der Waals surface area contributed by atoms with E-state index < -0.39 is 18.6 Å². The summed E-state index contributed by atoms with van der Waals surface area (Å²) in [7, 11) is 0. The van der Waals surface area contributed by atoms with Crippen molar-refractivity contribution in [2.45, 2.75) is 6.04 Å². The van der Waals surface area contributed by atoms with E-state index in [9.17, 15) is 4.79 Å². The van der Waals surface area contributed by atoms with Gasteiger partial charge in [0.1, 0.15) is 12.6 Å². The van der Waals surface area contributed by atoms with Gasteiger partial charge in [-0.05, 0) is 6.07 Å². The van der Waals surface area contributed by atoms with Gasteiger partial charge in [-0.1, -0.05) is 35.3 Å². The van der Waals surface area contributed by atoms with Gasteiger partial charge < -0.3 is 10.4 Å². The molecule has 0 aliphatic carbocycles. The second-order valence-electron chi connectivity index (χ2n) is 2.93. The van der Waals surface area contributed by atoms with E-state index in [2.05, 4.69) is 5.32 Å². The molecule has 0 saturated heterocycles. The van der Waals surface area contributed by atoms with Crippen LogP contribution < -0.4 is 5.32 Å². The highest BCUT2D eigenvalue weighted by Gasteiger charge is 2.17. The maximum Gasteiger partial charge on any atom is 0.246 e. The minimum Gasteiger partial charge on any atom is -0.387 e. The molecule has 84 valence electrons. The van der Waals surface area contributed by atoms with Crippen LogP contribution in [0.15, 0.2) is 18.2 Å². The molecule has 0 bridgehead atoms. The number of rotatable bonds is 3. The monoisotopic (exact) mass is 258 g/mol. The Morgan fingerprint density at radius 1 is 1.56 bits per heavy atom. The number of hydrogen-bond acceptors (Lipinski definition) is 3. The van der Waals surface area contributed by atoms with Crippen LogP contribution in [-0.2, 0) is 4.79 Å². The van der Waals surface area contributed by atoms with E-state index in [0.717, 1.165) is 0 Å². The minimum absolute atomic E-state index is 0.217. The average molecular weight is 259 g/mol. The third-order valence-corrected chi connectivity index (χ3v) is 2.70. The van der Waals surface area contributed by atoms with Crippen molar-refractivity contribution < 1.29 is 9.90 Å². The van der Waals surface area contributed by atoms with Crippen LogP contribution in [-0.4, -0.2) is 17.6 Å². The number of aliphatic hydroxyl groups excluding tert-OH is 1. The first-order valence-electron chi connectivity index (χ1n) is 4.34. The summed E-state index contributed by atoms with van der Waals surface area (Å²) >= 11 is 11.7. The van der Waals surface area contributed by atoms with Gasteiger partial charge in [-0.25, -0.2) is 0 Å². The Hall–Kier alpha value is -1.28. The summed E-state index contributed by atoms with van der Waals surface area (Å²) in [6.45, 7) is -0.684. The third kappa shape index (κ3) is 2.86. The summed E-state index contributed by atoms with van der Waals surface area (Å²) in [5.41, 5.74) is 0.401. The molecule has 0 heterocycles. The van der Waals surface area contributed by atoms with Crippen molar-refractivity contribution in [1.82, 2.24) is 5.32 Å². The molecule has 1 rings (SSSR count). The Bertz CT molecular complexity index is 443. The number of nitrogens with one attached hydrogen (secondary N) is 1. The predicted octanol–water partition coefficient (Wildman–Crippen LogP) is 1.67. The highest BCUT2D eigenvalue weighted by molar-refractivity contribution is 6.42. The lowest BCUT2D eigenvalue weighted by Gasteiger charge is -2.13. The summed E-state index contributed by atoms with van der Waals surface area (Å²) in [6.07, 6.45) is 0. The molecule has 0 aliphatic heterocycles. The smallest absolute Gasteiger partial charge is 0.246 e. The van der Waals surface area contributed by atoms with Crippen LogP contribution in [0.3, 0.4) is 0 Å². The van der Waals surface area contributed by atoms with Crippen molar-refractivity contribution in [3.05, 3.63) is 33.8 Å². The second-order valence-corrected chi connectivity index (χ2v) is 3.72. The zero-order valence-electron chi connectivity index (χ0n) is 8.08. The predicted molar refractivity (Wildman–Crippen MR) is 60.0 cm³/mol. The zero-order valence-corrected chi connectivity index (χ0v) is 9.59. The normalized spacial score (nSPS) is 11.6. The number of aliphatic hydroxyl groups is 1. The maximum absolute atomic E-state index is 11.0. The number of nitriles is 1.